The molecule has 2 N–H and O–H groups in total. The Morgan fingerprint density at radius 3 is 2.84 bits per heavy atom. The molecule has 110 valence electrons. The summed E-state index contributed by atoms with van der Waals surface area (Å²) in [5.74, 6) is 1.04. The van der Waals surface area contributed by atoms with Gasteiger partial charge < -0.3 is 10.4 Å². The molecule has 1 aromatic heterocycles. The molecule has 0 aromatic carbocycles. The van der Waals surface area contributed by atoms with E-state index in [-0.39, 0.29) is 0 Å². The molecule has 0 fully saturated rings. The third-order valence-electron chi connectivity index (χ3n) is 2.71. The van der Waals surface area contributed by atoms with Gasteiger partial charge in [0.25, 0.3) is 0 Å². The van der Waals surface area contributed by atoms with Crippen molar-refractivity contribution in [3.63, 3.8) is 0 Å². The molecule has 1 aromatic rings. The van der Waals surface area contributed by atoms with Gasteiger partial charge in [-0.1, -0.05) is 31.5 Å². The normalized spacial score (nSPS) is 11.1. The van der Waals surface area contributed by atoms with Crippen molar-refractivity contribution in [3.05, 3.63) is 0 Å². The van der Waals surface area contributed by atoms with Gasteiger partial charge in [-0.05, 0) is 36.2 Å². The highest BCUT2D eigenvalue weighted by Crippen LogP contribution is 2.16. The van der Waals surface area contributed by atoms with Gasteiger partial charge in [0.05, 0.1) is 6.54 Å². The number of aromatic nitrogens is 4. The van der Waals surface area contributed by atoms with Crippen molar-refractivity contribution in [3.8, 4) is 0 Å². The van der Waals surface area contributed by atoms with Crippen LogP contribution in [0.15, 0.2) is 5.16 Å². The molecule has 7 heteroatoms. The third-order valence-corrected chi connectivity index (χ3v) is 3.75. The Hall–Kier alpha value is -0.660. The number of hydrogen-bond donors (Lipinski definition) is 2. The number of unbranched alkanes of at least 4 members (excludes halogenated alkanes) is 3. The summed E-state index contributed by atoms with van der Waals surface area (Å²) >= 11 is 1.71. The van der Waals surface area contributed by atoms with Crippen LogP contribution < -0.4 is 5.32 Å². The molecule has 0 saturated heterocycles. The molecular formula is C12H25N5OS. The van der Waals surface area contributed by atoms with Gasteiger partial charge in [0.1, 0.15) is 0 Å². The van der Waals surface area contributed by atoms with Gasteiger partial charge in [-0.15, -0.1) is 5.10 Å². The number of thioether (sulfide) groups is 1. The highest BCUT2D eigenvalue weighted by molar-refractivity contribution is 7.99. The number of aliphatic hydroxyl groups is 1. The Balaban J connectivity index is 2.13. The summed E-state index contributed by atoms with van der Waals surface area (Å²) in [6.45, 7) is 5.22. The molecule has 0 aliphatic heterocycles. The first kappa shape index (κ1) is 16.4. The minimum atomic E-state index is 0.302. The molecular weight excluding hydrogens is 262 g/mol. The van der Waals surface area contributed by atoms with E-state index in [9.17, 15) is 0 Å². The van der Waals surface area contributed by atoms with Gasteiger partial charge in [-0.25, -0.2) is 4.68 Å². The minimum Gasteiger partial charge on any atom is -0.396 e. The zero-order valence-electron chi connectivity index (χ0n) is 11.7. The molecule has 0 aliphatic carbocycles. The molecule has 6 nitrogen and oxygen atoms in total. The van der Waals surface area contributed by atoms with Crippen LogP contribution in [-0.4, -0.2) is 50.8 Å². The number of nitrogens with zero attached hydrogens (tertiary/aromatic N) is 4. The maximum absolute atomic E-state index is 8.69. The maximum atomic E-state index is 8.69. The van der Waals surface area contributed by atoms with Gasteiger partial charge >= 0.3 is 0 Å². The number of tetrazole rings is 1. The summed E-state index contributed by atoms with van der Waals surface area (Å²) in [6.07, 6.45) is 5.46. The molecule has 0 bridgehead atoms. The Labute approximate surface area is 119 Å². The summed E-state index contributed by atoms with van der Waals surface area (Å²) in [5, 5.41) is 24.7. The number of rotatable bonds is 12. The van der Waals surface area contributed by atoms with Crippen LogP contribution in [0.25, 0.3) is 0 Å². The van der Waals surface area contributed by atoms with Crippen LogP contribution in [0.1, 0.15) is 39.0 Å². The van der Waals surface area contributed by atoms with E-state index in [0.29, 0.717) is 6.61 Å². The van der Waals surface area contributed by atoms with E-state index < -0.39 is 0 Å². The quantitative estimate of drug-likeness (QED) is 0.446. The zero-order chi connectivity index (χ0) is 13.8. The molecule has 0 saturated carbocycles. The van der Waals surface area contributed by atoms with E-state index in [1.165, 1.54) is 0 Å². The molecule has 0 atom stereocenters. The Morgan fingerprint density at radius 2 is 2.05 bits per heavy atom. The molecule has 0 radical (unpaired) electrons. The molecule has 0 amide bonds. The van der Waals surface area contributed by atoms with E-state index >= 15 is 0 Å². The van der Waals surface area contributed by atoms with Gasteiger partial charge in [-0.3, -0.25) is 0 Å². The van der Waals surface area contributed by atoms with E-state index in [0.717, 1.165) is 62.6 Å². The second-order valence-electron chi connectivity index (χ2n) is 4.42. The van der Waals surface area contributed by atoms with Crippen molar-refractivity contribution in [1.29, 1.82) is 0 Å². The first-order valence-electron chi connectivity index (χ1n) is 7.09. The monoisotopic (exact) mass is 287 g/mol. The number of aliphatic hydroxyl groups excluding tert-OH is 1. The summed E-state index contributed by atoms with van der Waals surface area (Å²) in [5.41, 5.74) is 0. The largest absolute Gasteiger partial charge is 0.396 e. The van der Waals surface area contributed by atoms with Gasteiger partial charge in [-0.2, -0.15) is 0 Å². The Morgan fingerprint density at radius 1 is 1.21 bits per heavy atom. The molecule has 1 heterocycles. The SMILES string of the molecule is CCCNCCn1nnnc1SCCCCCCO. The van der Waals surface area contributed by atoms with Crippen LogP contribution in [-0.2, 0) is 6.54 Å². The van der Waals surface area contributed by atoms with Crippen molar-refractivity contribution in [2.75, 3.05) is 25.4 Å². The van der Waals surface area contributed by atoms with Crippen LogP contribution in [0.2, 0.25) is 0 Å². The lowest BCUT2D eigenvalue weighted by molar-refractivity contribution is 0.283. The van der Waals surface area contributed by atoms with Crippen LogP contribution in [0.4, 0.5) is 0 Å². The highest BCUT2D eigenvalue weighted by atomic mass is 32.2. The predicted molar refractivity (Wildman–Crippen MR) is 77.3 cm³/mol. The van der Waals surface area contributed by atoms with Gasteiger partial charge in [0.2, 0.25) is 5.16 Å². The smallest absolute Gasteiger partial charge is 0.209 e. The Bertz CT molecular complexity index is 321. The Kier molecular flexibility index (Phi) is 9.66. The van der Waals surface area contributed by atoms with Crippen molar-refractivity contribution in [2.24, 2.45) is 0 Å². The fourth-order valence-electron chi connectivity index (χ4n) is 1.66. The first-order chi connectivity index (χ1) is 9.38. The predicted octanol–water partition coefficient (Wildman–Crippen LogP) is 1.32. The van der Waals surface area contributed by atoms with Crippen LogP contribution >= 0.6 is 11.8 Å². The molecule has 0 aliphatic rings. The fraction of sp³-hybridized carbons (Fsp3) is 0.917. The second kappa shape index (κ2) is 11.2. The minimum absolute atomic E-state index is 0.302. The summed E-state index contributed by atoms with van der Waals surface area (Å²) in [7, 11) is 0. The number of nitrogens with one attached hydrogen (secondary N) is 1. The van der Waals surface area contributed by atoms with Gasteiger partial charge in [0, 0.05) is 18.9 Å². The van der Waals surface area contributed by atoms with Crippen molar-refractivity contribution in [1.82, 2.24) is 25.5 Å². The van der Waals surface area contributed by atoms with Crippen LogP contribution in [0.3, 0.4) is 0 Å². The summed E-state index contributed by atoms with van der Waals surface area (Å²) < 4.78 is 1.86. The second-order valence-corrected chi connectivity index (χ2v) is 5.48. The number of hydrogen-bond acceptors (Lipinski definition) is 6. The molecule has 19 heavy (non-hydrogen) atoms. The first-order valence-corrected chi connectivity index (χ1v) is 8.07. The van der Waals surface area contributed by atoms with Crippen LogP contribution in [0, 0.1) is 0 Å². The average molecular weight is 287 g/mol. The molecule has 0 unspecified atom stereocenters. The lowest BCUT2D eigenvalue weighted by Crippen LogP contribution is -2.21. The van der Waals surface area contributed by atoms with Gasteiger partial charge in [0.15, 0.2) is 0 Å². The lowest BCUT2D eigenvalue weighted by atomic mass is 10.2. The van der Waals surface area contributed by atoms with E-state index in [2.05, 4.69) is 27.8 Å². The van der Waals surface area contributed by atoms with Crippen molar-refractivity contribution in [2.45, 2.75) is 50.7 Å². The third kappa shape index (κ3) is 7.49. The average Bonchev–Trinajstić information content (AvgIpc) is 2.86. The summed E-state index contributed by atoms with van der Waals surface area (Å²) in [6, 6.07) is 0. The van der Waals surface area contributed by atoms with E-state index in [1.807, 2.05) is 4.68 Å². The fourth-order valence-corrected chi connectivity index (χ4v) is 2.56. The highest BCUT2D eigenvalue weighted by Gasteiger charge is 2.05. The summed E-state index contributed by atoms with van der Waals surface area (Å²) in [4.78, 5) is 0. The lowest BCUT2D eigenvalue weighted by Gasteiger charge is -2.05. The zero-order valence-corrected chi connectivity index (χ0v) is 12.5. The van der Waals surface area contributed by atoms with Crippen LogP contribution in [0.5, 0.6) is 0 Å². The maximum Gasteiger partial charge on any atom is 0.209 e. The van der Waals surface area contributed by atoms with E-state index in [1.54, 1.807) is 11.8 Å². The van der Waals surface area contributed by atoms with E-state index in [4.69, 9.17) is 5.11 Å². The molecule has 0 spiro atoms. The van der Waals surface area contributed by atoms with Crippen molar-refractivity contribution >= 4 is 11.8 Å². The topological polar surface area (TPSA) is 75.9 Å². The van der Waals surface area contributed by atoms with Crippen molar-refractivity contribution < 1.29 is 5.11 Å². The standard InChI is InChI=1S/C12H25N5OS/c1-2-7-13-8-9-17-12(14-15-16-17)19-11-6-4-3-5-10-18/h13,18H,2-11H2,1H3. The molecule has 1 rings (SSSR count).